The number of carbonyl (C=O) groups is 2. The van der Waals surface area contributed by atoms with Crippen LogP contribution in [0.4, 0.5) is 10.1 Å². The molecule has 1 aliphatic rings. The van der Waals surface area contributed by atoms with Crippen molar-refractivity contribution in [1.82, 2.24) is 20.6 Å². The highest BCUT2D eigenvalue weighted by molar-refractivity contribution is 6.13. The number of nitrogens with zero attached hydrogens (tertiary/aromatic N) is 2. The van der Waals surface area contributed by atoms with Crippen molar-refractivity contribution in [3.05, 3.63) is 102 Å². The van der Waals surface area contributed by atoms with Crippen LogP contribution in [0.25, 0.3) is 33.4 Å². The van der Waals surface area contributed by atoms with Crippen LogP contribution in [0.2, 0.25) is 0 Å². The molecule has 2 aromatic heterocycles. The highest BCUT2D eigenvalue weighted by Crippen LogP contribution is 2.40. The van der Waals surface area contributed by atoms with Crippen LogP contribution in [0.3, 0.4) is 0 Å². The Labute approximate surface area is 241 Å². The molecule has 3 heterocycles. The molecule has 1 saturated heterocycles. The molecule has 1 fully saturated rings. The SMILES string of the molecule is CCNc1cc2oc(-c3ccc(F)cc3)c(C(=O)NC)c2cc1-c1cccc(C(=O)NC2(c3ncccn3)COC2)c1. The number of carbonyl (C=O) groups excluding carboxylic acids is 2. The van der Waals surface area contributed by atoms with Gasteiger partial charge in [0.2, 0.25) is 0 Å². The van der Waals surface area contributed by atoms with E-state index in [0.29, 0.717) is 45.8 Å². The van der Waals surface area contributed by atoms with Crippen LogP contribution < -0.4 is 16.0 Å². The zero-order valence-corrected chi connectivity index (χ0v) is 23.0. The van der Waals surface area contributed by atoms with E-state index in [2.05, 4.69) is 25.9 Å². The monoisotopic (exact) mass is 565 g/mol. The second-order valence-electron chi connectivity index (χ2n) is 10.00. The topological polar surface area (TPSA) is 118 Å². The molecular formula is C32H28FN5O4. The van der Waals surface area contributed by atoms with Gasteiger partial charge >= 0.3 is 0 Å². The number of anilines is 1. The lowest BCUT2D eigenvalue weighted by atomic mass is 9.94. The maximum Gasteiger partial charge on any atom is 0.255 e. The summed E-state index contributed by atoms with van der Waals surface area (Å²) in [5.41, 5.74) is 3.38. The van der Waals surface area contributed by atoms with Gasteiger partial charge in [-0.3, -0.25) is 9.59 Å². The molecule has 0 radical (unpaired) electrons. The highest BCUT2D eigenvalue weighted by Gasteiger charge is 2.44. The Morgan fingerprint density at radius 3 is 2.38 bits per heavy atom. The number of hydrogen-bond acceptors (Lipinski definition) is 7. The second kappa shape index (κ2) is 11.1. The van der Waals surface area contributed by atoms with Gasteiger partial charge in [-0.1, -0.05) is 12.1 Å². The molecule has 0 unspecified atom stereocenters. The van der Waals surface area contributed by atoms with Crippen molar-refractivity contribution in [2.24, 2.45) is 0 Å². The second-order valence-corrected chi connectivity index (χ2v) is 10.00. The van der Waals surface area contributed by atoms with Gasteiger partial charge in [-0.05, 0) is 61.0 Å². The van der Waals surface area contributed by atoms with Gasteiger partial charge in [0, 0.05) is 59.8 Å². The summed E-state index contributed by atoms with van der Waals surface area (Å²) in [7, 11) is 1.55. The molecule has 0 spiro atoms. The summed E-state index contributed by atoms with van der Waals surface area (Å²) in [6.45, 7) is 3.17. The summed E-state index contributed by atoms with van der Waals surface area (Å²) in [4.78, 5) is 35.2. The summed E-state index contributed by atoms with van der Waals surface area (Å²) in [5, 5.41) is 9.72. The van der Waals surface area contributed by atoms with Crippen molar-refractivity contribution < 1.29 is 23.1 Å². The fraction of sp³-hybridized carbons (Fsp3) is 0.188. The van der Waals surface area contributed by atoms with E-state index in [-0.39, 0.29) is 30.8 Å². The standard InChI is InChI=1S/C32H28FN5O4/c1-3-35-25-16-26-24(27(30(40)34-2)28(42-26)19-8-10-22(33)11-9-19)15-23(25)20-6-4-7-21(14-20)29(39)38-32(17-41-18-32)31-36-12-5-13-37-31/h4-16,35H,3,17-18H2,1-2H3,(H,34,40)(H,38,39). The quantitative estimate of drug-likeness (QED) is 0.238. The molecule has 6 rings (SSSR count). The fourth-order valence-corrected chi connectivity index (χ4v) is 5.10. The number of furan rings is 1. The van der Waals surface area contributed by atoms with Crippen LogP contribution in [-0.4, -0.2) is 48.6 Å². The fourth-order valence-electron chi connectivity index (χ4n) is 5.10. The number of nitrogens with one attached hydrogen (secondary N) is 3. The van der Waals surface area contributed by atoms with Crippen LogP contribution in [-0.2, 0) is 10.3 Å². The summed E-state index contributed by atoms with van der Waals surface area (Å²) >= 11 is 0. The predicted octanol–water partition coefficient (Wildman–Crippen LogP) is 5.14. The minimum Gasteiger partial charge on any atom is -0.455 e. The van der Waals surface area contributed by atoms with Gasteiger partial charge in [0.25, 0.3) is 11.8 Å². The van der Waals surface area contributed by atoms with E-state index in [1.165, 1.54) is 12.1 Å². The van der Waals surface area contributed by atoms with E-state index in [1.54, 1.807) is 49.8 Å². The Kier molecular flexibility index (Phi) is 7.13. The van der Waals surface area contributed by atoms with Gasteiger partial charge < -0.3 is 25.1 Å². The van der Waals surface area contributed by atoms with Crippen molar-refractivity contribution >= 4 is 28.5 Å². The van der Waals surface area contributed by atoms with Gasteiger partial charge in [0.1, 0.15) is 22.7 Å². The molecule has 10 heteroatoms. The third-order valence-electron chi connectivity index (χ3n) is 7.24. The third kappa shape index (κ3) is 4.86. The third-order valence-corrected chi connectivity index (χ3v) is 7.24. The van der Waals surface area contributed by atoms with Crippen LogP contribution in [0, 0.1) is 5.82 Å². The zero-order valence-electron chi connectivity index (χ0n) is 23.0. The van der Waals surface area contributed by atoms with Gasteiger partial charge in [-0.15, -0.1) is 0 Å². The molecule has 212 valence electrons. The zero-order chi connectivity index (χ0) is 29.3. The number of aromatic nitrogens is 2. The van der Waals surface area contributed by atoms with Crippen molar-refractivity contribution in [1.29, 1.82) is 0 Å². The van der Waals surface area contributed by atoms with Crippen LogP contribution in [0.15, 0.2) is 83.5 Å². The Morgan fingerprint density at radius 2 is 1.71 bits per heavy atom. The summed E-state index contributed by atoms with van der Waals surface area (Å²) < 4.78 is 25.3. The summed E-state index contributed by atoms with van der Waals surface area (Å²) in [6.07, 6.45) is 3.27. The summed E-state index contributed by atoms with van der Waals surface area (Å²) in [6, 6.07) is 18.5. The van der Waals surface area contributed by atoms with Gasteiger partial charge in [-0.25, -0.2) is 14.4 Å². The first-order valence-corrected chi connectivity index (χ1v) is 13.5. The van der Waals surface area contributed by atoms with Crippen molar-refractivity contribution in [3.8, 4) is 22.5 Å². The number of amides is 2. The lowest BCUT2D eigenvalue weighted by molar-refractivity contribution is -0.0777. The van der Waals surface area contributed by atoms with E-state index in [4.69, 9.17) is 9.15 Å². The Hall–Kier alpha value is -5.09. The lowest BCUT2D eigenvalue weighted by Gasteiger charge is -2.40. The molecular weight excluding hydrogens is 537 g/mol. The lowest BCUT2D eigenvalue weighted by Crippen LogP contribution is -2.60. The Balaban J connectivity index is 1.43. The molecule has 0 aliphatic carbocycles. The van der Waals surface area contributed by atoms with Gasteiger partial charge in [0.15, 0.2) is 5.82 Å². The molecule has 5 aromatic rings. The largest absolute Gasteiger partial charge is 0.455 e. The van der Waals surface area contributed by atoms with Crippen LogP contribution >= 0.6 is 0 Å². The average molecular weight is 566 g/mol. The van der Waals surface area contributed by atoms with Crippen molar-refractivity contribution in [3.63, 3.8) is 0 Å². The minimum atomic E-state index is -0.794. The first-order valence-electron chi connectivity index (χ1n) is 13.5. The van der Waals surface area contributed by atoms with E-state index in [9.17, 15) is 14.0 Å². The van der Waals surface area contributed by atoms with E-state index >= 15 is 0 Å². The minimum absolute atomic E-state index is 0.281. The number of benzene rings is 3. The highest BCUT2D eigenvalue weighted by atomic mass is 19.1. The van der Waals surface area contributed by atoms with E-state index < -0.39 is 5.54 Å². The molecule has 1 aliphatic heterocycles. The normalized spacial score (nSPS) is 13.8. The number of ether oxygens (including phenoxy) is 1. The van der Waals surface area contributed by atoms with Crippen LogP contribution in [0.1, 0.15) is 33.5 Å². The number of fused-ring (bicyclic) bond motifs is 1. The molecule has 2 amide bonds. The molecule has 3 aromatic carbocycles. The van der Waals surface area contributed by atoms with Crippen molar-refractivity contribution in [2.45, 2.75) is 12.5 Å². The maximum absolute atomic E-state index is 13.6. The first kappa shape index (κ1) is 27.1. The first-order chi connectivity index (χ1) is 20.4. The van der Waals surface area contributed by atoms with Crippen molar-refractivity contribution in [2.75, 3.05) is 32.1 Å². The molecule has 0 atom stereocenters. The number of rotatable bonds is 8. The Bertz CT molecular complexity index is 1780. The van der Waals surface area contributed by atoms with E-state index in [0.717, 1.165) is 16.8 Å². The summed E-state index contributed by atoms with van der Waals surface area (Å²) in [5.74, 6) is -0.164. The average Bonchev–Trinajstić information content (AvgIpc) is 3.37. The van der Waals surface area contributed by atoms with Gasteiger partial charge in [-0.2, -0.15) is 0 Å². The maximum atomic E-state index is 13.6. The smallest absolute Gasteiger partial charge is 0.255 e. The molecule has 0 saturated carbocycles. The van der Waals surface area contributed by atoms with Crippen LogP contribution in [0.5, 0.6) is 0 Å². The predicted molar refractivity (Wildman–Crippen MR) is 157 cm³/mol. The Morgan fingerprint density at radius 1 is 0.952 bits per heavy atom. The van der Waals surface area contributed by atoms with Gasteiger partial charge in [0.05, 0.1) is 18.8 Å². The molecule has 0 bridgehead atoms. The molecule has 3 N–H and O–H groups in total. The van der Waals surface area contributed by atoms with E-state index in [1.807, 2.05) is 31.2 Å². The molecule has 9 nitrogen and oxygen atoms in total. The number of halogens is 1. The number of hydrogen-bond donors (Lipinski definition) is 3. The molecule has 42 heavy (non-hydrogen) atoms.